The van der Waals surface area contributed by atoms with Crippen molar-refractivity contribution in [2.24, 2.45) is 5.92 Å². The molecule has 2 aromatic carbocycles. The van der Waals surface area contributed by atoms with Crippen LogP contribution in [0, 0.1) is 12.8 Å². The van der Waals surface area contributed by atoms with E-state index in [-0.39, 0.29) is 24.6 Å². The molecule has 0 saturated carbocycles. The van der Waals surface area contributed by atoms with Gasteiger partial charge in [-0.05, 0) is 83.2 Å². The number of alkyl carbamates (subject to hydrolysis) is 1. The first-order chi connectivity index (χ1) is 21.4. The topological polar surface area (TPSA) is 154 Å². The Balaban J connectivity index is 2.63. The van der Waals surface area contributed by atoms with Gasteiger partial charge in [-0.25, -0.2) is 9.59 Å². The van der Waals surface area contributed by atoms with Crippen LogP contribution in [0.3, 0.4) is 0 Å². The first-order valence-corrected chi connectivity index (χ1v) is 15.6. The number of phenols is 1. The molecule has 0 aliphatic carbocycles. The summed E-state index contributed by atoms with van der Waals surface area (Å²) in [6, 6.07) is 10.0. The Morgan fingerprint density at radius 1 is 0.913 bits per heavy atom. The molecule has 0 fully saturated rings. The van der Waals surface area contributed by atoms with E-state index in [1.54, 1.807) is 61.5 Å². The predicted molar refractivity (Wildman–Crippen MR) is 175 cm³/mol. The van der Waals surface area contributed by atoms with Crippen LogP contribution in [-0.2, 0) is 30.3 Å². The van der Waals surface area contributed by atoms with E-state index in [1.807, 2.05) is 37.3 Å². The number of amides is 3. The van der Waals surface area contributed by atoms with Crippen LogP contribution in [0.5, 0.6) is 5.75 Å². The molecule has 46 heavy (non-hydrogen) atoms. The number of hydrogen-bond donors (Lipinski definition) is 4. The number of rotatable bonds is 13. The second kappa shape index (κ2) is 16.4. The minimum Gasteiger partial charge on any atom is -0.508 e. The van der Waals surface area contributed by atoms with E-state index in [4.69, 9.17) is 9.47 Å². The van der Waals surface area contributed by atoms with Crippen molar-refractivity contribution in [2.45, 2.75) is 104 Å². The Labute approximate surface area is 272 Å². The number of hydrogen-bond acceptors (Lipinski definition) is 8. The molecule has 11 nitrogen and oxygen atoms in total. The largest absolute Gasteiger partial charge is 0.508 e. The summed E-state index contributed by atoms with van der Waals surface area (Å²) < 4.78 is 11.1. The van der Waals surface area contributed by atoms with Gasteiger partial charge in [0, 0.05) is 13.0 Å². The number of phenolic OH excluding ortho intramolecular Hbond substituents is 1. The maximum absolute atomic E-state index is 14.3. The van der Waals surface area contributed by atoms with Crippen LogP contribution in [0.1, 0.15) is 84.5 Å². The number of aromatic hydroxyl groups is 1. The van der Waals surface area contributed by atoms with Gasteiger partial charge in [0.05, 0.1) is 6.61 Å². The standard InChI is InChI=1S/C35H51N3O8/c1-10-22(2)28(37-33(44)46-35(7,8)9)31(42)38(18-19-39)29(25-16-17-27(40)23(3)20-25)30(41)36-26(32(43)45-34(4,5)6)21-24-14-12-11-13-15-24/h11-17,20,22,26,28-29,39-40H,10,18-19,21H2,1-9H3,(H,36,41)(H,37,44). The molecule has 0 aliphatic heterocycles. The third-order valence-corrected chi connectivity index (χ3v) is 7.16. The van der Waals surface area contributed by atoms with Crippen molar-refractivity contribution in [3.8, 4) is 5.75 Å². The number of ether oxygens (including phenoxy) is 2. The van der Waals surface area contributed by atoms with Gasteiger partial charge in [0.15, 0.2) is 0 Å². The fourth-order valence-corrected chi connectivity index (χ4v) is 4.76. The maximum atomic E-state index is 14.3. The number of nitrogens with one attached hydrogen (secondary N) is 2. The molecule has 0 spiro atoms. The highest BCUT2D eigenvalue weighted by atomic mass is 16.6. The van der Waals surface area contributed by atoms with Gasteiger partial charge in [0.1, 0.15) is 35.1 Å². The van der Waals surface area contributed by atoms with Crippen LogP contribution >= 0.6 is 0 Å². The number of carbonyl (C=O) groups is 4. The average molecular weight is 642 g/mol. The Hall–Kier alpha value is -4.12. The van der Waals surface area contributed by atoms with Crippen molar-refractivity contribution >= 4 is 23.9 Å². The van der Waals surface area contributed by atoms with Gasteiger partial charge in [-0.3, -0.25) is 9.59 Å². The molecule has 4 atom stereocenters. The van der Waals surface area contributed by atoms with Crippen molar-refractivity contribution in [1.29, 1.82) is 0 Å². The molecular weight excluding hydrogens is 590 g/mol. The van der Waals surface area contributed by atoms with Crippen LogP contribution in [-0.4, -0.2) is 75.4 Å². The van der Waals surface area contributed by atoms with Crippen LogP contribution in [0.15, 0.2) is 48.5 Å². The molecule has 2 aromatic rings. The molecule has 0 heterocycles. The highest BCUT2D eigenvalue weighted by Gasteiger charge is 2.39. The lowest BCUT2D eigenvalue weighted by Gasteiger charge is -2.36. The molecule has 0 saturated heterocycles. The number of esters is 1. The summed E-state index contributed by atoms with van der Waals surface area (Å²) in [5.41, 5.74) is -0.0981. The first kappa shape index (κ1) is 38.1. The Morgan fingerprint density at radius 2 is 1.52 bits per heavy atom. The van der Waals surface area contributed by atoms with Gasteiger partial charge in [-0.2, -0.15) is 0 Å². The van der Waals surface area contributed by atoms with Crippen molar-refractivity contribution < 1.29 is 38.9 Å². The van der Waals surface area contributed by atoms with Crippen LogP contribution in [0.25, 0.3) is 0 Å². The third kappa shape index (κ3) is 11.7. The minimum absolute atomic E-state index is 0.0114. The molecule has 0 bridgehead atoms. The summed E-state index contributed by atoms with van der Waals surface area (Å²) in [6.07, 6.45) is -0.178. The van der Waals surface area contributed by atoms with E-state index in [0.29, 0.717) is 17.5 Å². The summed E-state index contributed by atoms with van der Waals surface area (Å²) in [7, 11) is 0. The monoisotopic (exact) mass is 641 g/mol. The number of nitrogens with zero attached hydrogens (tertiary/aromatic N) is 1. The maximum Gasteiger partial charge on any atom is 0.408 e. The van der Waals surface area contributed by atoms with Gasteiger partial charge in [0.2, 0.25) is 11.8 Å². The molecule has 4 N–H and O–H groups in total. The fraction of sp³-hybridized carbons (Fsp3) is 0.543. The molecule has 11 heteroatoms. The summed E-state index contributed by atoms with van der Waals surface area (Å²) in [4.78, 5) is 56.1. The van der Waals surface area contributed by atoms with E-state index in [2.05, 4.69) is 10.6 Å². The van der Waals surface area contributed by atoms with Crippen molar-refractivity contribution in [3.63, 3.8) is 0 Å². The molecule has 3 amide bonds. The number of aliphatic hydroxyl groups is 1. The molecule has 0 aromatic heterocycles. The van der Waals surface area contributed by atoms with Gasteiger partial charge >= 0.3 is 12.1 Å². The van der Waals surface area contributed by atoms with E-state index >= 15 is 0 Å². The van der Waals surface area contributed by atoms with Crippen LogP contribution in [0.4, 0.5) is 4.79 Å². The first-order valence-electron chi connectivity index (χ1n) is 15.6. The Morgan fingerprint density at radius 3 is 2.04 bits per heavy atom. The van der Waals surface area contributed by atoms with E-state index < -0.39 is 59.8 Å². The fourth-order valence-electron chi connectivity index (χ4n) is 4.76. The van der Waals surface area contributed by atoms with Gasteiger partial charge in [0.25, 0.3) is 0 Å². The lowest BCUT2D eigenvalue weighted by atomic mass is 9.95. The van der Waals surface area contributed by atoms with Crippen molar-refractivity contribution in [1.82, 2.24) is 15.5 Å². The number of benzene rings is 2. The molecule has 2 rings (SSSR count). The smallest absolute Gasteiger partial charge is 0.408 e. The van der Waals surface area contributed by atoms with Crippen molar-refractivity contribution in [2.75, 3.05) is 13.2 Å². The van der Waals surface area contributed by atoms with Gasteiger partial charge in [-0.1, -0.05) is 56.7 Å². The van der Waals surface area contributed by atoms with Crippen LogP contribution < -0.4 is 10.6 Å². The average Bonchev–Trinajstić information content (AvgIpc) is 2.95. The van der Waals surface area contributed by atoms with Crippen LogP contribution in [0.2, 0.25) is 0 Å². The zero-order valence-corrected chi connectivity index (χ0v) is 28.5. The van der Waals surface area contributed by atoms with Gasteiger partial charge in [-0.15, -0.1) is 0 Å². The SMILES string of the molecule is CCC(C)C(NC(=O)OC(C)(C)C)C(=O)N(CCO)C(C(=O)NC(Cc1ccccc1)C(=O)OC(C)(C)C)c1ccc(O)c(C)c1. The van der Waals surface area contributed by atoms with Gasteiger partial charge < -0.3 is 35.2 Å². The predicted octanol–water partition coefficient (Wildman–Crippen LogP) is 4.57. The Kier molecular flexibility index (Phi) is 13.6. The number of aliphatic hydroxyl groups excluding tert-OH is 1. The second-order valence-electron chi connectivity index (χ2n) is 13.5. The van der Waals surface area contributed by atoms with E-state index in [1.165, 1.54) is 17.0 Å². The van der Waals surface area contributed by atoms with E-state index in [9.17, 15) is 29.4 Å². The lowest BCUT2D eigenvalue weighted by Crippen LogP contribution is -2.57. The highest BCUT2D eigenvalue weighted by molar-refractivity contribution is 5.94. The molecule has 0 radical (unpaired) electrons. The normalized spacial score (nSPS) is 14.3. The molecule has 4 unspecified atom stereocenters. The van der Waals surface area contributed by atoms with Crippen molar-refractivity contribution in [3.05, 3.63) is 65.2 Å². The Bertz CT molecular complexity index is 1330. The third-order valence-electron chi connectivity index (χ3n) is 7.16. The van der Waals surface area contributed by atoms with E-state index in [0.717, 1.165) is 5.56 Å². The lowest BCUT2D eigenvalue weighted by molar-refractivity contribution is -0.159. The highest BCUT2D eigenvalue weighted by Crippen LogP contribution is 2.28. The summed E-state index contributed by atoms with van der Waals surface area (Å²) in [5, 5.41) is 25.8. The summed E-state index contributed by atoms with van der Waals surface area (Å²) in [6.45, 7) is 14.8. The molecule has 0 aliphatic rings. The zero-order valence-electron chi connectivity index (χ0n) is 28.5. The molecule has 254 valence electrons. The molecular formula is C35H51N3O8. The minimum atomic E-state index is -1.35. The summed E-state index contributed by atoms with van der Waals surface area (Å²) >= 11 is 0. The second-order valence-corrected chi connectivity index (χ2v) is 13.5. The quantitative estimate of drug-likeness (QED) is 0.232. The summed E-state index contributed by atoms with van der Waals surface area (Å²) in [5.74, 6) is -2.38. The number of aryl methyl sites for hydroxylation is 1. The zero-order chi connectivity index (χ0) is 34.8. The number of carbonyl (C=O) groups excluding carboxylic acids is 4.